The molecule has 0 saturated heterocycles. The van der Waals surface area contributed by atoms with Gasteiger partial charge >= 0.3 is 0 Å². The number of anilines is 1. The summed E-state index contributed by atoms with van der Waals surface area (Å²) in [6.45, 7) is 0.634. The van der Waals surface area contributed by atoms with Crippen LogP contribution in [0.5, 0.6) is 0 Å². The molecule has 1 aromatic heterocycles. The highest BCUT2D eigenvalue weighted by Gasteiger charge is 2.22. The topological polar surface area (TPSA) is 63.8 Å². The van der Waals surface area contributed by atoms with Gasteiger partial charge in [0.1, 0.15) is 5.82 Å². The molecule has 1 aliphatic rings. The van der Waals surface area contributed by atoms with Gasteiger partial charge in [0.2, 0.25) is 0 Å². The second-order valence-corrected chi connectivity index (χ2v) is 5.01. The number of hydrogen-bond acceptors (Lipinski definition) is 4. The minimum absolute atomic E-state index is 0.297. The Labute approximate surface area is 107 Å². The van der Waals surface area contributed by atoms with E-state index in [-0.39, 0.29) is 0 Å². The molecule has 1 aromatic rings. The first-order valence-corrected chi connectivity index (χ1v) is 6.63. The molecule has 5 heteroatoms. The molecule has 1 saturated carbocycles. The van der Waals surface area contributed by atoms with Gasteiger partial charge in [-0.25, -0.2) is 0 Å². The Kier molecular flexibility index (Phi) is 4.57. The van der Waals surface area contributed by atoms with E-state index in [1.165, 1.54) is 32.1 Å². The molecule has 0 spiro atoms. The van der Waals surface area contributed by atoms with Crippen LogP contribution in [0.3, 0.4) is 0 Å². The number of nitrogens with two attached hydrogens (primary N) is 1. The molecule has 1 fully saturated rings. The van der Waals surface area contributed by atoms with Crippen LogP contribution in [0.4, 0.5) is 5.82 Å². The molecule has 3 N–H and O–H groups in total. The van der Waals surface area contributed by atoms with Crippen LogP contribution in [0.1, 0.15) is 32.1 Å². The first kappa shape index (κ1) is 12.6. The van der Waals surface area contributed by atoms with Crippen LogP contribution in [-0.2, 0) is 0 Å². The molecule has 1 unspecified atom stereocenters. The normalized spacial score (nSPS) is 18.9. The summed E-state index contributed by atoms with van der Waals surface area (Å²) in [5.41, 5.74) is 5.84. The molecule has 0 aromatic carbocycles. The number of hydrogen-bond donors (Lipinski definition) is 2. The van der Waals surface area contributed by atoms with E-state index in [4.69, 9.17) is 17.3 Å². The molecular formula is C12H19ClN4. The molecule has 94 valence electrons. The Morgan fingerprint density at radius 1 is 1.29 bits per heavy atom. The zero-order chi connectivity index (χ0) is 12.1. The SMILES string of the molecule is NCC(Nc1ccc(Cl)nn1)C1CCCCC1. The molecule has 0 bridgehead atoms. The van der Waals surface area contributed by atoms with E-state index in [0.29, 0.717) is 23.7 Å². The fraction of sp³-hybridized carbons (Fsp3) is 0.667. The van der Waals surface area contributed by atoms with Crippen molar-refractivity contribution in [2.45, 2.75) is 38.1 Å². The summed E-state index contributed by atoms with van der Waals surface area (Å²) in [6.07, 6.45) is 6.50. The van der Waals surface area contributed by atoms with Crippen LogP contribution in [0.25, 0.3) is 0 Å². The van der Waals surface area contributed by atoms with Crippen LogP contribution in [0.15, 0.2) is 12.1 Å². The summed E-state index contributed by atoms with van der Waals surface area (Å²) in [4.78, 5) is 0. The number of halogens is 1. The Bertz CT molecular complexity index is 335. The minimum atomic E-state index is 0.297. The lowest BCUT2D eigenvalue weighted by atomic mass is 9.84. The van der Waals surface area contributed by atoms with Gasteiger partial charge in [-0.15, -0.1) is 10.2 Å². The van der Waals surface area contributed by atoms with Gasteiger partial charge in [-0.1, -0.05) is 30.9 Å². The average Bonchev–Trinajstić information content (AvgIpc) is 2.39. The largest absolute Gasteiger partial charge is 0.364 e. The standard InChI is InChI=1S/C12H19ClN4/c13-11-6-7-12(17-16-11)15-10(8-14)9-4-2-1-3-5-9/h6-7,9-10H,1-5,8,14H2,(H,15,17). The Morgan fingerprint density at radius 3 is 2.65 bits per heavy atom. The van der Waals surface area contributed by atoms with E-state index in [1.807, 2.05) is 6.07 Å². The zero-order valence-electron chi connectivity index (χ0n) is 9.90. The van der Waals surface area contributed by atoms with Gasteiger partial charge in [0.25, 0.3) is 0 Å². The fourth-order valence-corrected chi connectivity index (χ4v) is 2.59. The quantitative estimate of drug-likeness (QED) is 0.866. The first-order valence-electron chi connectivity index (χ1n) is 6.25. The predicted molar refractivity (Wildman–Crippen MR) is 70.1 cm³/mol. The lowest BCUT2D eigenvalue weighted by Gasteiger charge is -2.30. The third-order valence-corrected chi connectivity index (χ3v) is 3.64. The van der Waals surface area contributed by atoms with E-state index in [0.717, 1.165) is 5.82 Å². The highest BCUT2D eigenvalue weighted by molar-refractivity contribution is 6.29. The highest BCUT2D eigenvalue weighted by Crippen LogP contribution is 2.27. The first-order chi connectivity index (χ1) is 8.29. The van der Waals surface area contributed by atoms with Gasteiger partial charge in [-0.3, -0.25) is 0 Å². The van der Waals surface area contributed by atoms with Crippen molar-refractivity contribution in [1.29, 1.82) is 0 Å². The maximum Gasteiger partial charge on any atom is 0.151 e. The van der Waals surface area contributed by atoms with Crippen molar-refractivity contribution in [1.82, 2.24) is 10.2 Å². The maximum atomic E-state index is 5.84. The van der Waals surface area contributed by atoms with Crippen LogP contribution in [0.2, 0.25) is 5.15 Å². The van der Waals surface area contributed by atoms with Crippen LogP contribution >= 0.6 is 11.6 Å². The van der Waals surface area contributed by atoms with Gasteiger partial charge in [0.15, 0.2) is 5.15 Å². The summed E-state index contributed by atoms with van der Waals surface area (Å²) in [6, 6.07) is 3.89. The molecule has 0 radical (unpaired) electrons. The van der Waals surface area contributed by atoms with E-state index < -0.39 is 0 Å². The number of nitrogens with one attached hydrogen (secondary N) is 1. The monoisotopic (exact) mass is 254 g/mol. The maximum absolute atomic E-state index is 5.84. The molecule has 1 heterocycles. The third-order valence-electron chi connectivity index (χ3n) is 3.44. The summed E-state index contributed by atoms with van der Waals surface area (Å²) in [5.74, 6) is 1.42. The number of rotatable bonds is 4. The molecule has 2 rings (SSSR count). The lowest BCUT2D eigenvalue weighted by molar-refractivity contribution is 0.320. The van der Waals surface area contributed by atoms with Crippen molar-refractivity contribution in [3.05, 3.63) is 17.3 Å². The highest BCUT2D eigenvalue weighted by atomic mass is 35.5. The molecule has 0 aliphatic heterocycles. The van der Waals surface area contributed by atoms with Crippen molar-refractivity contribution < 1.29 is 0 Å². The summed E-state index contributed by atoms with van der Waals surface area (Å²) in [7, 11) is 0. The summed E-state index contributed by atoms with van der Waals surface area (Å²) in [5, 5.41) is 11.6. The van der Waals surface area contributed by atoms with Crippen molar-refractivity contribution in [3.63, 3.8) is 0 Å². The Balaban J connectivity index is 1.96. The van der Waals surface area contributed by atoms with Gasteiger partial charge in [-0.2, -0.15) is 0 Å². The molecule has 1 aliphatic carbocycles. The summed E-state index contributed by atoms with van der Waals surface area (Å²) < 4.78 is 0. The van der Waals surface area contributed by atoms with Gasteiger partial charge in [0.05, 0.1) is 0 Å². The Hall–Kier alpha value is -0.870. The smallest absolute Gasteiger partial charge is 0.151 e. The molecule has 17 heavy (non-hydrogen) atoms. The second-order valence-electron chi connectivity index (χ2n) is 4.63. The molecule has 4 nitrogen and oxygen atoms in total. The van der Waals surface area contributed by atoms with Crippen molar-refractivity contribution in [2.75, 3.05) is 11.9 Å². The molecule has 1 atom stereocenters. The third kappa shape index (κ3) is 3.54. The number of nitrogens with zero attached hydrogens (tertiary/aromatic N) is 2. The predicted octanol–water partition coefficient (Wildman–Crippen LogP) is 2.45. The van der Waals surface area contributed by atoms with E-state index >= 15 is 0 Å². The van der Waals surface area contributed by atoms with Gasteiger partial charge in [0, 0.05) is 12.6 Å². The fourth-order valence-electron chi connectivity index (χ4n) is 2.49. The van der Waals surface area contributed by atoms with Crippen LogP contribution in [-0.4, -0.2) is 22.8 Å². The average molecular weight is 255 g/mol. The summed E-state index contributed by atoms with van der Waals surface area (Å²) >= 11 is 5.70. The van der Waals surface area contributed by atoms with Gasteiger partial charge < -0.3 is 11.1 Å². The van der Waals surface area contributed by atoms with E-state index in [1.54, 1.807) is 6.07 Å². The Morgan fingerprint density at radius 2 is 2.06 bits per heavy atom. The lowest BCUT2D eigenvalue weighted by Crippen LogP contribution is -2.37. The van der Waals surface area contributed by atoms with E-state index in [9.17, 15) is 0 Å². The molecular weight excluding hydrogens is 236 g/mol. The van der Waals surface area contributed by atoms with Crippen molar-refractivity contribution in [2.24, 2.45) is 11.7 Å². The zero-order valence-corrected chi connectivity index (χ0v) is 10.7. The second kappa shape index (κ2) is 6.17. The van der Waals surface area contributed by atoms with Crippen LogP contribution < -0.4 is 11.1 Å². The van der Waals surface area contributed by atoms with Crippen molar-refractivity contribution >= 4 is 17.4 Å². The molecule has 0 amide bonds. The number of aromatic nitrogens is 2. The van der Waals surface area contributed by atoms with Gasteiger partial charge in [-0.05, 0) is 30.9 Å². The minimum Gasteiger partial charge on any atom is -0.364 e. The van der Waals surface area contributed by atoms with Crippen molar-refractivity contribution in [3.8, 4) is 0 Å². The van der Waals surface area contributed by atoms with Crippen LogP contribution in [0, 0.1) is 5.92 Å². The van der Waals surface area contributed by atoms with E-state index in [2.05, 4.69) is 15.5 Å².